The Morgan fingerprint density at radius 2 is 2.08 bits per heavy atom. The van der Waals surface area contributed by atoms with Crippen LogP contribution in [0.2, 0.25) is 5.02 Å². The molecule has 0 radical (unpaired) electrons. The van der Waals surface area contributed by atoms with E-state index in [0.717, 1.165) is 0 Å². The zero-order chi connectivity index (χ0) is 18.0. The summed E-state index contributed by atoms with van der Waals surface area (Å²) in [6, 6.07) is 7.63. The number of hydrogen-bond acceptors (Lipinski definition) is 5. The molecule has 1 aliphatic heterocycles. The molecule has 3 rings (SSSR count). The fourth-order valence-electron chi connectivity index (χ4n) is 2.78. The first kappa shape index (κ1) is 17.9. The van der Waals surface area contributed by atoms with Crippen molar-refractivity contribution >= 4 is 33.4 Å². The minimum atomic E-state index is -3.66. The topological polar surface area (TPSA) is 92.5 Å². The number of hydrogen-bond donors (Lipinski definition) is 1. The maximum Gasteiger partial charge on any atom is 0.243 e. The normalized spacial score (nSPS) is 18.9. The summed E-state index contributed by atoms with van der Waals surface area (Å²) < 4.78 is 31.8. The van der Waals surface area contributed by atoms with Crippen molar-refractivity contribution < 1.29 is 17.7 Å². The van der Waals surface area contributed by atoms with E-state index in [2.05, 4.69) is 10.5 Å². The van der Waals surface area contributed by atoms with Gasteiger partial charge in [0.15, 0.2) is 0 Å². The van der Waals surface area contributed by atoms with E-state index >= 15 is 0 Å². The number of aryl methyl sites for hydroxylation is 1. The lowest BCUT2D eigenvalue weighted by Crippen LogP contribution is -2.43. The van der Waals surface area contributed by atoms with E-state index < -0.39 is 15.9 Å². The van der Waals surface area contributed by atoms with Crippen molar-refractivity contribution in [2.24, 2.45) is 5.92 Å². The summed E-state index contributed by atoms with van der Waals surface area (Å²) >= 11 is 5.82. The Morgan fingerprint density at radius 3 is 2.72 bits per heavy atom. The molecule has 1 fully saturated rings. The zero-order valence-electron chi connectivity index (χ0n) is 13.6. The number of aromatic nitrogens is 1. The molecule has 1 N–H and O–H groups in total. The summed E-state index contributed by atoms with van der Waals surface area (Å²) in [5.41, 5.74) is 0.658. The van der Waals surface area contributed by atoms with Gasteiger partial charge in [0.05, 0.1) is 16.5 Å². The lowest BCUT2D eigenvalue weighted by molar-refractivity contribution is -0.121. The van der Waals surface area contributed by atoms with E-state index in [1.165, 1.54) is 28.6 Å². The number of carbonyl (C=O) groups is 1. The van der Waals surface area contributed by atoms with Crippen LogP contribution in [-0.2, 0) is 14.8 Å². The Kier molecular flexibility index (Phi) is 5.12. The zero-order valence-corrected chi connectivity index (χ0v) is 15.2. The molecular formula is C16H18ClN3O4S. The van der Waals surface area contributed by atoms with Crippen LogP contribution in [0.1, 0.15) is 18.5 Å². The maximum atomic E-state index is 12.8. The van der Waals surface area contributed by atoms with Crippen molar-refractivity contribution in [1.29, 1.82) is 0 Å². The minimum Gasteiger partial charge on any atom is -0.338 e. The highest BCUT2D eigenvalue weighted by Crippen LogP contribution is 2.25. The monoisotopic (exact) mass is 383 g/mol. The number of amides is 1. The van der Waals surface area contributed by atoms with Gasteiger partial charge in [0.2, 0.25) is 21.8 Å². The molecule has 0 aliphatic carbocycles. The first-order valence-electron chi connectivity index (χ1n) is 7.86. The molecule has 0 bridgehead atoms. The van der Waals surface area contributed by atoms with Gasteiger partial charge in [-0.2, -0.15) is 4.31 Å². The predicted molar refractivity (Wildman–Crippen MR) is 92.8 cm³/mol. The lowest BCUT2D eigenvalue weighted by Gasteiger charge is -2.31. The van der Waals surface area contributed by atoms with Gasteiger partial charge in [-0.3, -0.25) is 10.1 Å². The minimum absolute atomic E-state index is 0.129. The number of nitrogens with zero attached hydrogens (tertiary/aromatic N) is 2. The van der Waals surface area contributed by atoms with Gasteiger partial charge in [-0.15, -0.1) is 0 Å². The summed E-state index contributed by atoms with van der Waals surface area (Å²) in [6.45, 7) is 2.26. The number of rotatable bonds is 4. The third-order valence-electron chi connectivity index (χ3n) is 4.08. The number of anilines is 1. The van der Waals surface area contributed by atoms with Gasteiger partial charge in [0.25, 0.3) is 0 Å². The Balaban J connectivity index is 1.71. The Bertz CT molecular complexity index is 864. The molecule has 0 unspecified atom stereocenters. The molecule has 25 heavy (non-hydrogen) atoms. The van der Waals surface area contributed by atoms with Crippen LogP contribution in [0.3, 0.4) is 0 Å². The number of carbonyl (C=O) groups excluding carboxylic acids is 1. The van der Waals surface area contributed by atoms with Crippen LogP contribution in [-0.4, -0.2) is 36.9 Å². The number of sulfonamides is 1. The van der Waals surface area contributed by atoms with Crippen molar-refractivity contribution in [2.75, 3.05) is 18.4 Å². The average molecular weight is 384 g/mol. The van der Waals surface area contributed by atoms with Crippen LogP contribution in [0.4, 0.5) is 5.88 Å². The fourth-order valence-corrected chi connectivity index (χ4v) is 4.43. The number of nitrogens with one attached hydrogen (secondary N) is 1. The van der Waals surface area contributed by atoms with Crippen LogP contribution >= 0.6 is 11.6 Å². The van der Waals surface area contributed by atoms with Crippen LogP contribution in [0.25, 0.3) is 0 Å². The van der Waals surface area contributed by atoms with Crippen molar-refractivity contribution in [1.82, 2.24) is 9.46 Å². The van der Waals surface area contributed by atoms with Gasteiger partial charge in [-0.25, -0.2) is 8.42 Å². The maximum absolute atomic E-state index is 12.8. The molecule has 134 valence electrons. The van der Waals surface area contributed by atoms with Gasteiger partial charge in [0.1, 0.15) is 0 Å². The Hall–Kier alpha value is -1.90. The first-order chi connectivity index (χ1) is 11.9. The van der Waals surface area contributed by atoms with Gasteiger partial charge in [0, 0.05) is 24.2 Å². The molecule has 0 saturated carbocycles. The molecule has 2 aromatic rings. The standard InChI is InChI=1S/C16H18ClN3O4S/c1-11-9-15(24-19-11)18-16(21)12-3-2-8-20(10-12)25(22,23)14-6-4-13(17)5-7-14/h4-7,9,12H,2-3,8,10H2,1H3,(H,18,21)/t12-/m0/s1. The largest absolute Gasteiger partial charge is 0.338 e. The Morgan fingerprint density at radius 1 is 1.36 bits per heavy atom. The van der Waals surface area contributed by atoms with E-state index in [0.29, 0.717) is 30.1 Å². The molecule has 1 aliphatic rings. The molecule has 0 spiro atoms. The summed E-state index contributed by atoms with van der Waals surface area (Å²) in [5, 5.41) is 6.82. The number of benzene rings is 1. The van der Waals surface area contributed by atoms with E-state index in [9.17, 15) is 13.2 Å². The second kappa shape index (κ2) is 7.15. The molecule has 1 aromatic heterocycles. The van der Waals surface area contributed by atoms with Gasteiger partial charge in [-0.1, -0.05) is 16.8 Å². The molecule has 2 heterocycles. The molecular weight excluding hydrogens is 366 g/mol. The highest BCUT2D eigenvalue weighted by Gasteiger charge is 2.33. The van der Waals surface area contributed by atoms with Crippen LogP contribution in [0, 0.1) is 12.8 Å². The molecule has 1 aromatic carbocycles. The summed E-state index contributed by atoms with van der Waals surface area (Å²) in [7, 11) is -3.66. The van der Waals surface area contributed by atoms with Gasteiger partial charge < -0.3 is 4.52 Å². The highest BCUT2D eigenvalue weighted by molar-refractivity contribution is 7.89. The fraction of sp³-hybridized carbons (Fsp3) is 0.375. The number of piperidine rings is 1. The van der Waals surface area contributed by atoms with Crippen molar-refractivity contribution in [3.05, 3.63) is 41.0 Å². The smallest absolute Gasteiger partial charge is 0.243 e. The Labute approximate surface area is 151 Å². The summed E-state index contributed by atoms with van der Waals surface area (Å²) in [5.74, 6) is -0.450. The SMILES string of the molecule is Cc1cc(NC(=O)[C@H]2CCCN(S(=O)(=O)c3ccc(Cl)cc3)C2)on1. The predicted octanol–water partition coefficient (Wildman–Crippen LogP) is 2.68. The van der Waals surface area contributed by atoms with Crippen LogP contribution in [0.15, 0.2) is 39.8 Å². The second-order valence-corrected chi connectivity index (χ2v) is 8.35. The highest BCUT2D eigenvalue weighted by atomic mass is 35.5. The molecule has 1 amide bonds. The molecule has 1 atom stereocenters. The third kappa shape index (κ3) is 4.02. The van der Waals surface area contributed by atoms with E-state index in [4.69, 9.17) is 16.1 Å². The summed E-state index contributed by atoms with van der Waals surface area (Å²) in [6.07, 6.45) is 1.23. The van der Waals surface area contributed by atoms with E-state index in [-0.39, 0.29) is 23.2 Å². The van der Waals surface area contributed by atoms with Crippen molar-refractivity contribution in [3.8, 4) is 0 Å². The van der Waals surface area contributed by atoms with Crippen molar-refractivity contribution in [2.45, 2.75) is 24.7 Å². The quantitative estimate of drug-likeness (QED) is 0.876. The average Bonchev–Trinajstić information content (AvgIpc) is 3.00. The molecule has 9 heteroatoms. The second-order valence-electron chi connectivity index (χ2n) is 5.98. The summed E-state index contributed by atoms with van der Waals surface area (Å²) in [4.78, 5) is 12.6. The lowest BCUT2D eigenvalue weighted by atomic mass is 9.99. The van der Waals surface area contributed by atoms with Crippen LogP contribution in [0.5, 0.6) is 0 Å². The molecule has 7 nitrogen and oxygen atoms in total. The van der Waals surface area contributed by atoms with E-state index in [1.807, 2.05) is 0 Å². The number of halogens is 1. The van der Waals surface area contributed by atoms with Crippen LogP contribution < -0.4 is 5.32 Å². The van der Waals surface area contributed by atoms with Crippen molar-refractivity contribution in [3.63, 3.8) is 0 Å². The van der Waals surface area contributed by atoms with Gasteiger partial charge >= 0.3 is 0 Å². The molecule has 1 saturated heterocycles. The van der Waals surface area contributed by atoms with Gasteiger partial charge in [-0.05, 0) is 44.0 Å². The van der Waals surface area contributed by atoms with E-state index in [1.54, 1.807) is 13.0 Å². The third-order valence-corrected chi connectivity index (χ3v) is 6.21. The first-order valence-corrected chi connectivity index (χ1v) is 9.68.